The van der Waals surface area contributed by atoms with Crippen molar-refractivity contribution < 1.29 is 4.79 Å². The van der Waals surface area contributed by atoms with Crippen LogP contribution in [-0.2, 0) is 6.54 Å². The van der Waals surface area contributed by atoms with Crippen LogP contribution in [0.1, 0.15) is 15.9 Å². The Morgan fingerprint density at radius 3 is 1.73 bits per heavy atom. The molecule has 0 aliphatic heterocycles. The van der Waals surface area contributed by atoms with Gasteiger partial charge in [-0.1, -0.05) is 102 Å². The highest BCUT2D eigenvalue weighted by atomic mass is 79.9. The highest BCUT2D eigenvalue weighted by Gasteiger charge is 2.18. The molecule has 0 radical (unpaired) electrons. The van der Waals surface area contributed by atoms with Crippen LogP contribution in [0.3, 0.4) is 0 Å². The minimum absolute atomic E-state index is 0.0499. The smallest absolute Gasteiger partial charge is 0.259 e. The second-order valence-corrected chi connectivity index (χ2v) is 10.5. The number of amides is 1. The van der Waals surface area contributed by atoms with E-state index in [-0.39, 0.29) is 5.91 Å². The van der Waals surface area contributed by atoms with Gasteiger partial charge in [0.2, 0.25) is 0 Å². The molecule has 0 aliphatic rings. The minimum atomic E-state index is -0.0499. The molecule has 33 heavy (non-hydrogen) atoms. The molecule has 0 bridgehead atoms. The summed E-state index contributed by atoms with van der Waals surface area (Å²) in [5.41, 5.74) is 1.71. The maximum atomic E-state index is 13.6. The molecule has 1 amide bonds. The van der Waals surface area contributed by atoms with E-state index in [0.717, 1.165) is 24.1 Å². The fraction of sp³-hybridized carbons (Fsp3) is 0.0357. The number of hydrogen-bond acceptors (Lipinski definition) is 3. The first-order valence-electron chi connectivity index (χ1n) is 10.5. The van der Waals surface area contributed by atoms with Crippen LogP contribution in [0.4, 0.5) is 0 Å². The summed E-state index contributed by atoms with van der Waals surface area (Å²) in [5.74, 6) is -0.0499. The van der Waals surface area contributed by atoms with E-state index in [0.29, 0.717) is 12.1 Å². The van der Waals surface area contributed by atoms with Crippen molar-refractivity contribution >= 4 is 45.4 Å². The van der Waals surface area contributed by atoms with Gasteiger partial charge in [-0.3, -0.25) is 4.79 Å². The summed E-state index contributed by atoms with van der Waals surface area (Å²) in [7, 11) is 0. The molecule has 5 heteroatoms. The van der Waals surface area contributed by atoms with E-state index >= 15 is 0 Å². The molecule has 0 atom stereocenters. The maximum absolute atomic E-state index is 13.6. The van der Waals surface area contributed by atoms with Gasteiger partial charge in [0.15, 0.2) is 0 Å². The first kappa shape index (κ1) is 23.4. The lowest BCUT2D eigenvalue weighted by molar-refractivity contribution is 0.0813. The topological polar surface area (TPSA) is 20.3 Å². The molecule has 0 heterocycles. The van der Waals surface area contributed by atoms with Crippen LogP contribution >= 0.6 is 39.5 Å². The van der Waals surface area contributed by atoms with Crippen LogP contribution in [0.25, 0.3) is 0 Å². The third-order valence-electron chi connectivity index (χ3n) is 4.75. The Balaban J connectivity index is 1.72. The molecule has 0 saturated heterocycles. The van der Waals surface area contributed by atoms with Gasteiger partial charge in [0, 0.05) is 20.5 Å². The Hall–Kier alpha value is -2.73. The molecule has 2 nitrogen and oxygen atoms in total. The van der Waals surface area contributed by atoms with Crippen molar-refractivity contribution in [2.75, 3.05) is 0 Å². The lowest BCUT2D eigenvalue weighted by Gasteiger charge is -2.21. The summed E-state index contributed by atoms with van der Waals surface area (Å²) in [6.45, 7) is 0.481. The third kappa shape index (κ3) is 6.87. The quantitative estimate of drug-likeness (QED) is 0.212. The van der Waals surface area contributed by atoms with E-state index in [1.807, 2.05) is 97.2 Å². The third-order valence-corrected chi connectivity index (χ3v) is 7.57. The van der Waals surface area contributed by atoms with Crippen molar-refractivity contribution in [2.24, 2.45) is 0 Å². The van der Waals surface area contributed by atoms with Crippen LogP contribution in [-0.4, -0.2) is 10.8 Å². The molecule has 0 unspecified atom stereocenters. The minimum Gasteiger partial charge on any atom is -0.309 e. The van der Waals surface area contributed by atoms with Crippen molar-refractivity contribution in [2.45, 2.75) is 16.3 Å². The summed E-state index contributed by atoms with van der Waals surface area (Å²) in [6.07, 6.45) is 1.98. The first-order valence-corrected chi connectivity index (χ1v) is 12.9. The van der Waals surface area contributed by atoms with Crippen molar-refractivity contribution in [3.63, 3.8) is 0 Å². The van der Waals surface area contributed by atoms with Crippen LogP contribution in [0.15, 0.2) is 140 Å². The Bertz CT molecular complexity index is 1170. The molecule has 4 rings (SSSR count). The first-order chi connectivity index (χ1) is 16.2. The van der Waals surface area contributed by atoms with E-state index in [4.69, 9.17) is 0 Å². The lowest BCUT2D eigenvalue weighted by Crippen LogP contribution is -2.26. The van der Waals surface area contributed by atoms with E-state index in [1.54, 1.807) is 28.4 Å². The molecule has 0 saturated carbocycles. The SMILES string of the molecule is O=C(c1ccccc1Br)N(C=C(Sc1ccccc1)Sc1ccccc1)Cc1ccccc1. The van der Waals surface area contributed by atoms with Gasteiger partial charge in [-0.2, -0.15) is 0 Å². The number of thioether (sulfide) groups is 2. The average molecular weight is 533 g/mol. The van der Waals surface area contributed by atoms with E-state index in [2.05, 4.69) is 40.2 Å². The number of benzene rings is 4. The van der Waals surface area contributed by atoms with Crippen molar-refractivity contribution in [3.8, 4) is 0 Å². The molecule has 0 aliphatic carbocycles. The summed E-state index contributed by atoms with van der Waals surface area (Å²) >= 11 is 6.86. The molecule has 0 aromatic heterocycles. The van der Waals surface area contributed by atoms with Crippen LogP contribution in [0.5, 0.6) is 0 Å². The van der Waals surface area contributed by atoms with Gasteiger partial charge in [-0.05, 0) is 57.9 Å². The summed E-state index contributed by atoms with van der Waals surface area (Å²) < 4.78 is 1.80. The van der Waals surface area contributed by atoms with Gasteiger partial charge in [-0.15, -0.1) is 0 Å². The number of halogens is 1. The van der Waals surface area contributed by atoms with Crippen LogP contribution in [0, 0.1) is 0 Å². The monoisotopic (exact) mass is 531 g/mol. The molecule has 0 N–H and O–H groups in total. The number of rotatable bonds is 8. The van der Waals surface area contributed by atoms with Crippen LogP contribution in [0.2, 0.25) is 0 Å². The van der Waals surface area contributed by atoms with Gasteiger partial charge < -0.3 is 4.90 Å². The Morgan fingerprint density at radius 2 is 1.18 bits per heavy atom. The van der Waals surface area contributed by atoms with Crippen LogP contribution < -0.4 is 0 Å². The van der Waals surface area contributed by atoms with E-state index < -0.39 is 0 Å². The predicted octanol–water partition coefficient (Wildman–Crippen LogP) is 8.48. The molecule has 0 fully saturated rings. The second-order valence-electron chi connectivity index (χ2n) is 7.18. The van der Waals surface area contributed by atoms with Gasteiger partial charge in [-0.25, -0.2) is 0 Å². The van der Waals surface area contributed by atoms with Gasteiger partial charge in [0.25, 0.3) is 5.91 Å². The number of nitrogens with zero attached hydrogens (tertiary/aromatic N) is 1. The number of hydrogen-bond donors (Lipinski definition) is 0. The number of carbonyl (C=O) groups excluding carboxylic acids is 1. The van der Waals surface area contributed by atoms with Gasteiger partial charge >= 0.3 is 0 Å². The standard InChI is InChI=1S/C28H22BrNOS2/c29-26-19-11-10-18-25(26)28(31)30(20-22-12-4-1-5-13-22)21-27(32-23-14-6-2-7-15-23)33-24-16-8-3-9-17-24/h1-19,21H,20H2. The number of carbonyl (C=O) groups is 1. The molecule has 4 aromatic carbocycles. The zero-order valence-electron chi connectivity index (χ0n) is 17.8. The molecule has 0 spiro atoms. The molecule has 164 valence electrons. The molecular weight excluding hydrogens is 510 g/mol. The molecule has 4 aromatic rings. The van der Waals surface area contributed by atoms with Crippen molar-refractivity contribution in [1.82, 2.24) is 4.90 Å². The summed E-state index contributed by atoms with van der Waals surface area (Å²) in [5, 5.41) is 0. The fourth-order valence-electron chi connectivity index (χ4n) is 3.16. The highest BCUT2D eigenvalue weighted by molar-refractivity contribution is 9.10. The zero-order valence-corrected chi connectivity index (χ0v) is 21.0. The predicted molar refractivity (Wildman–Crippen MR) is 143 cm³/mol. The largest absolute Gasteiger partial charge is 0.309 e. The van der Waals surface area contributed by atoms with Gasteiger partial charge in [0.1, 0.15) is 0 Å². The highest BCUT2D eigenvalue weighted by Crippen LogP contribution is 2.39. The lowest BCUT2D eigenvalue weighted by atomic mass is 10.1. The fourth-order valence-corrected chi connectivity index (χ4v) is 5.77. The maximum Gasteiger partial charge on any atom is 0.259 e. The summed E-state index contributed by atoms with van der Waals surface area (Å²) in [4.78, 5) is 17.7. The Labute approximate surface area is 211 Å². The Kier molecular flexibility index (Phi) is 8.47. The van der Waals surface area contributed by atoms with Crippen molar-refractivity contribution in [3.05, 3.63) is 141 Å². The normalized spacial score (nSPS) is 10.5. The molecular formula is C28H22BrNOS2. The van der Waals surface area contributed by atoms with E-state index in [1.165, 1.54) is 0 Å². The average Bonchev–Trinajstić information content (AvgIpc) is 2.85. The van der Waals surface area contributed by atoms with E-state index in [9.17, 15) is 4.79 Å². The Morgan fingerprint density at radius 1 is 0.697 bits per heavy atom. The van der Waals surface area contributed by atoms with Crippen molar-refractivity contribution in [1.29, 1.82) is 0 Å². The summed E-state index contributed by atoms with van der Waals surface area (Å²) in [6, 6.07) is 38.1. The van der Waals surface area contributed by atoms with Gasteiger partial charge in [0.05, 0.1) is 16.3 Å². The second kappa shape index (κ2) is 11.9. The zero-order chi connectivity index (χ0) is 22.9.